The summed E-state index contributed by atoms with van der Waals surface area (Å²) in [4.78, 5) is 0. The molecule has 0 fully saturated rings. The van der Waals surface area contributed by atoms with E-state index in [-0.39, 0.29) is 12.0 Å². The molecule has 0 aromatic carbocycles. The van der Waals surface area contributed by atoms with E-state index in [1.165, 1.54) is 18.4 Å². The highest BCUT2D eigenvalue weighted by Gasteiger charge is 2.15. The Kier molecular flexibility index (Phi) is 7.11. The summed E-state index contributed by atoms with van der Waals surface area (Å²) in [6, 6.07) is 0. The highest BCUT2D eigenvalue weighted by Crippen LogP contribution is 2.28. The molecule has 0 aliphatic carbocycles. The van der Waals surface area contributed by atoms with Crippen molar-refractivity contribution in [3.05, 3.63) is 29.5 Å². The molecule has 0 rings (SSSR count). The van der Waals surface area contributed by atoms with Crippen molar-refractivity contribution in [1.82, 2.24) is 0 Å². The lowest BCUT2D eigenvalue weighted by Crippen LogP contribution is -2.08. The Morgan fingerprint density at radius 3 is 2.47 bits per heavy atom. The van der Waals surface area contributed by atoms with Gasteiger partial charge in [0.25, 0.3) is 0 Å². The standard InChI is InChI=1S/C14H24O/c1-5-6-10-13(14(2,3)4)11-8-7-9-12-15/h7-9,15H,5-6,10,12H2,1-4H3/b9-7+. The summed E-state index contributed by atoms with van der Waals surface area (Å²) in [5.74, 6) is 0. The van der Waals surface area contributed by atoms with E-state index in [2.05, 4.69) is 33.4 Å². The van der Waals surface area contributed by atoms with Crippen LogP contribution in [0.2, 0.25) is 0 Å². The van der Waals surface area contributed by atoms with Gasteiger partial charge in [0.1, 0.15) is 0 Å². The van der Waals surface area contributed by atoms with Crippen LogP contribution in [0.4, 0.5) is 0 Å². The van der Waals surface area contributed by atoms with Crippen molar-refractivity contribution < 1.29 is 5.11 Å². The summed E-state index contributed by atoms with van der Waals surface area (Å²) in [7, 11) is 0. The normalized spacial score (nSPS) is 11.5. The molecule has 1 heteroatoms. The van der Waals surface area contributed by atoms with E-state index in [1.807, 2.05) is 12.2 Å². The minimum absolute atomic E-state index is 0.0952. The average Bonchev–Trinajstić information content (AvgIpc) is 2.15. The molecule has 0 aromatic heterocycles. The predicted molar refractivity (Wildman–Crippen MR) is 66.8 cm³/mol. The Hall–Kier alpha value is -0.780. The van der Waals surface area contributed by atoms with Gasteiger partial charge < -0.3 is 5.11 Å². The fraction of sp³-hybridized carbons (Fsp3) is 0.643. The van der Waals surface area contributed by atoms with Gasteiger partial charge in [-0.25, -0.2) is 0 Å². The zero-order valence-electron chi connectivity index (χ0n) is 10.5. The highest BCUT2D eigenvalue weighted by atomic mass is 16.2. The van der Waals surface area contributed by atoms with Crippen LogP contribution in [-0.2, 0) is 0 Å². The molecule has 0 heterocycles. The lowest BCUT2D eigenvalue weighted by molar-refractivity contribution is 0.343. The summed E-state index contributed by atoms with van der Waals surface area (Å²) in [6.45, 7) is 8.95. The van der Waals surface area contributed by atoms with Crippen LogP contribution in [0.15, 0.2) is 29.5 Å². The van der Waals surface area contributed by atoms with Gasteiger partial charge in [-0.3, -0.25) is 0 Å². The second-order valence-corrected chi connectivity index (χ2v) is 4.75. The van der Waals surface area contributed by atoms with Gasteiger partial charge in [-0.2, -0.15) is 0 Å². The van der Waals surface area contributed by atoms with Crippen molar-refractivity contribution >= 4 is 0 Å². The van der Waals surface area contributed by atoms with Gasteiger partial charge in [0.2, 0.25) is 0 Å². The van der Waals surface area contributed by atoms with E-state index in [0.717, 1.165) is 6.42 Å². The molecule has 0 saturated carbocycles. The molecular weight excluding hydrogens is 184 g/mol. The fourth-order valence-corrected chi connectivity index (χ4v) is 1.29. The first-order valence-corrected chi connectivity index (χ1v) is 5.74. The number of rotatable bonds is 5. The Morgan fingerprint density at radius 1 is 1.33 bits per heavy atom. The highest BCUT2D eigenvalue weighted by molar-refractivity contribution is 5.14. The Labute approximate surface area is 94.2 Å². The van der Waals surface area contributed by atoms with E-state index >= 15 is 0 Å². The summed E-state index contributed by atoms with van der Waals surface area (Å²) in [6.07, 6.45) is 9.01. The second kappa shape index (κ2) is 7.50. The van der Waals surface area contributed by atoms with Gasteiger partial charge in [-0.1, -0.05) is 46.3 Å². The van der Waals surface area contributed by atoms with Gasteiger partial charge in [-0.15, -0.1) is 5.73 Å². The first-order valence-electron chi connectivity index (χ1n) is 5.74. The largest absolute Gasteiger partial charge is 0.392 e. The zero-order chi connectivity index (χ0) is 11.7. The average molecular weight is 208 g/mol. The van der Waals surface area contributed by atoms with Gasteiger partial charge in [0, 0.05) is 0 Å². The molecule has 15 heavy (non-hydrogen) atoms. The summed E-state index contributed by atoms with van der Waals surface area (Å²) >= 11 is 0. The third-order valence-corrected chi connectivity index (χ3v) is 2.28. The quantitative estimate of drug-likeness (QED) is 0.537. The van der Waals surface area contributed by atoms with Crippen LogP contribution in [0.5, 0.6) is 0 Å². The first kappa shape index (κ1) is 14.2. The third kappa shape index (κ3) is 7.18. The number of hydrogen-bond acceptors (Lipinski definition) is 1. The summed E-state index contributed by atoms with van der Waals surface area (Å²) in [5, 5.41) is 8.59. The molecule has 86 valence electrons. The SMILES string of the molecule is CCCCC(=C=C/C=C/CO)C(C)(C)C. The maximum atomic E-state index is 8.59. The number of aliphatic hydroxyl groups excluding tert-OH is 1. The van der Waals surface area contributed by atoms with Gasteiger partial charge in [-0.05, 0) is 29.9 Å². The van der Waals surface area contributed by atoms with Crippen LogP contribution in [0.3, 0.4) is 0 Å². The molecule has 0 saturated heterocycles. The summed E-state index contributed by atoms with van der Waals surface area (Å²) < 4.78 is 0. The van der Waals surface area contributed by atoms with Crippen LogP contribution in [-0.4, -0.2) is 11.7 Å². The molecule has 0 unspecified atom stereocenters. The fourth-order valence-electron chi connectivity index (χ4n) is 1.29. The Morgan fingerprint density at radius 2 is 2.00 bits per heavy atom. The number of aliphatic hydroxyl groups is 1. The van der Waals surface area contributed by atoms with E-state index < -0.39 is 0 Å². The molecule has 0 spiro atoms. The first-order chi connectivity index (χ1) is 7.02. The lowest BCUT2D eigenvalue weighted by Gasteiger charge is -2.20. The van der Waals surface area contributed by atoms with E-state index in [0.29, 0.717) is 0 Å². The van der Waals surface area contributed by atoms with Crippen molar-refractivity contribution in [3.8, 4) is 0 Å². The summed E-state index contributed by atoms with van der Waals surface area (Å²) in [5.41, 5.74) is 4.87. The van der Waals surface area contributed by atoms with E-state index in [1.54, 1.807) is 6.08 Å². The molecule has 0 amide bonds. The maximum absolute atomic E-state index is 8.59. The van der Waals surface area contributed by atoms with Crippen LogP contribution < -0.4 is 0 Å². The zero-order valence-corrected chi connectivity index (χ0v) is 10.5. The molecule has 0 aromatic rings. The smallest absolute Gasteiger partial charge is 0.0615 e. The van der Waals surface area contributed by atoms with Crippen molar-refractivity contribution in [2.45, 2.75) is 47.0 Å². The van der Waals surface area contributed by atoms with Crippen molar-refractivity contribution in [3.63, 3.8) is 0 Å². The minimum atomic E-state index is 0.0952. The van der Waals surface area contributed by atoms with Gasteiger partial charge in [0.05, 0.1) is 6.61 Å². The lowest BCUT2D eigenvalue weighted by atomic mass is 9.84. The van der Waals surface area contributed by atoms with Crippen LogP contribution >= 0.6 is 0 Å². The topological polar surface area (TPSA) is 20.2 Å². The van der Waals surface area contributed by atoms with Gasteiger partial charge >= 0.3 is 0 Å². The molecule has 1 N–H and O–H groups in total. The Bertz CT molecular complexity index is 247. The molecule has 0 aliphatic heterocycles. The maximum Gasteiger partial charge on any atom is 0.0615 e. The molecule has 0 atom stereocenters. The van der Waals surface area contributed by atoms with Crippen LogP contribution in [0, 0.1) is 5.41 Å². The van der Waals surface area contributed by atoms with E-state index in [4.69, 9.17) is 5.11 Å². The number of allylic oxidation sites excluding steroid dienone is 2. The van der Waals surface area contributed by atoms with Crippen molar-refractivity contribution in [2.75, 3.05) is 6.61 Å². The number of hydrogen-bond donors (Lipinski definition) is 1. The minimum Gasteiger partial charge on any atom is -0.392 e. The second-order valence-electron chi connectivity index (χ2n) is 4.75. The van der Waals surface area contributed by atoms with Crippen molar-refractivity contribution in [1.29, 1.82) is 0 Å². The molecule has 1 nitrogen and oxygen atoms in total. The molecular formula is C14H24O. The third-order valence-electron chi connectivity index (χ3n) is 2.28. The molecule has 0 aliphatic rings. The monoisotopic (exact) mass is 208 g/mol. The van der Waals surface area contributed by atoms with Crippen molar-refractivity contribution in [2.24, 2.45) is 5.41 Å². The Balaban J connectivity index is 4.62. The van der Waals surface area contributed by atoms with Gasteiger partial charge in [0.15, 0.2) is 0 Å². The number of unbranched alkanes of at least 4 members (excludes halogenated alkanes) is 1. The van der Waals surface area contributed by atoms with Crippen LogP contribution in [0.25, 0.3) is 0 Å². The molecule has 0 bridgehead atoms. The molecule has 0 radical (unpaired) electrons. The van der Waals surface area contributed by atoms with Crippen LogP contribution in [0.1, 0.15) is 47.0 Å². The van der Waals surface area contributed by atoms with E-state index in [9.17, 15) is 0 Å². The predicted octanol–water partition coefficient (Wildman–Crippen LogP) is 3.85.